The summed E-state index contributed by atoms with van der Waals surface area (Å²) in [5.41, 5.74) is 1.80. The maximum atomic E-state index is 13.2. The Morgan fingerprint density at radius 2 is 1.86 bits per heavy atom. The van der Waals surface area contributed by atoms with Crippen LogP contribution in [-0.2, 0) is 0 Å². The van der Waals surface area contributed by atoms with Crippen LogP contribution in [0.1, 0.15) is 62.4 Å². The largest absolute Gasteiger partial charge is 0.308 e. The van der Waals surface area contributed by atoms with Gasteiger partial charge in [0, 0.05) is 18.3 Å². The molecule has 1 fully saturated rings. The van der Waals surface area contributed by atoms with Gasteiger partial charge in [0.15, 0.2) is 5.82 Å². The van der Waals surface area contributed by atoms with Crippen LogP contribution in [0.15, 0.2) is 53.6 Å². The molecule has 1 aliphatic rings. The molecule has 0 aliphatic heterocycles. The first kappa shape index (κ1) is 17.1. The average molecular weight is 373 g/mol. The summed E-state index contributed by atoms with van der Waals surface area (Å²) < 4.78 is 3.49. The predicted molar refractivity (Wildman–Crippen MR) is 109 cm³/mol. The van der Waals surface area contributed by atoms with E-state index >= 15 is 0 Å². The molecule has 1 atom stereocenters. The number of fused-ring (bicyclic) bond motifs is 3. The van der Waals surface area contributed by atoms with Crippen molar-refractivity contribution in [2.45, 2.75) is 51.0 Å². The molecule has 1 aliphatic carbocycles. The van der Waals surface area contributed by atoms with Gasteiger partial charge < -0.3 is 4.57 Å². The third kappa shape index (κ3) is 2.80. The van der Waals surface area contributed by atoms with Gasteiger partial charge in [-0.3, -0.25) is 4.79 Å². The van der Waals surface area contributed by atoms with E-state index in [1.165, 1.54) is 19.3 Å². The molecule has 1 unspecified atom stereocenters. The van der Waals surface area contributed by atoms with Gasteiger partial charge in [-0.2, -0.15) is 9.50 Å². The Morgan fingerprint density at radius 3 is 2.64 bits per heavy atom. The first-order valence-corrected chi connectivity index (χ1v) is 10.0. The molecule has 28 heavy (non-hydrogen) atoms. The summed E-state index contributed by atoms with van der Waals surface area (Å²) in [7, 11) is 0. The van der Waals surface area contributed by atoms with Gasteiger partial charge in [-0.1, -0.05) is 49.6 Å². The highest BCUT2D eigenvalue weighted by Crippen LogP contribution is 2.31. The maximum Gasteiger partial charge on any atom is 0.262 e. The molecular formula is C22H23N5O. The summed E-state index contributed by atoms with van der Waals surface area (Å²) in [6, 6.07) is 11.9. The Balaban J connectivity index is 1.61. The van der Waals surface area contributed by atoms with Crippen LogP contribution >= 0.6 is 0 Å². The van der Waals surface area contributed by atoms with E-state index in [4.69, 9.17) is 5.10 Å². The number of rotatable bonds is 3. The van der Waals surface area contributed by atoms with Crippen molar-refractivity contribution >= 4 is 16.7 Å². The molecule has 0 amide bonds. The normalized spacial score (nSPS) is 16.6. The summed E-state index contributed by atoms with van der Waals surface area (Å²) >= 11 is 0. The molecular weight excluding hydrogens is 350 g/mol. The van der Waals surface area contributed by atoms with Gasteiger partial charge in [0.1, 0.15) is 0 Å². The van der Waals surface area contributed by atoms with Crippen molar-refractivity contribution in [1.82, 2.24) is 24.1 Å². The monoisotopic (exact) mass is 373 g/mol. The number of aromatic nitrogens is 5. The van der Waals surface area contributed by atoms with Crippen molar-refractivity contribution in [1.29, 1.82) is 0 Å². The van der Waals surface area contributed by atoms with Crippen molar-refractivity contribution in [3.63, 3.8) is 0 Å². The zero-order chi connectivity index (χ0) is 19.1. The fourth-order valence-corrected chi connectivity index (χ4v) is 4.28. The fourth-order valence-electron chi connectivity index (χ4n) is 4.28. The van der Waals surface area contributed by atoms with E-state index in [1.54, 1.807) is 15.3 Å². The van der Waals surface area contributed by atoms with E-state index in [0.717, 1.165) is 29.7 Å². The SMILES string of the molecule is CC(c1ccccc1)n1ccc2c(cnc3nc(C4CCCCC4)nn32)c1=O. The summed E-state index contributed by atoms with van der Waals surface area (Å²) in [6.07, 6.45) is 9.52. The van der Waals surface area contributed by atoms with Crippen molar-refractivity contribution < 1.29 is 0 Å². The Bertz CT molecular complexity index is 1190. The number of hydrogen-bond donors (Lipinski definition) is 0. The van der Waals surface area contributed by atoms with Crippen molar-refractivity contribution in [2.24, 2.45) is 0 Å². The zero-order valence-corrected chi connectivity index (χ0v) is 16.0. The molecule has 0 saturated heterocycles. The third-order valence-corrected chi connectivity index (χ3v) is 5.95. The van der Waals surface area contributed by atoms with Crippen molar-refractivity contribution in [3.05, 3.63) is 70.5 Å². The second kappa shape index (κ2) is 6.86. The molecule has 6 nitrogen and oxygen atoms in total. The molecule has 0 radical (unpaired) electrons. The lowest BCUT2D eigenvalue weighted by Gasteiger charge is -2.17. The molecule has 3 aromatic heterocycles. The van der Waals surface area contributed by atoms with E-state index in [1.807, 2.05) is 49.5 Å². The molecule has 6 heteroatoms. The zero-order valence-electron chi connectivity index (χ0n) is 16.0. The molecule has 0 N–H and O–H groups in total. The van der Waals surface area contributed by atoms with Gasteiger partial charge in [0.05, 0.1) is 16.9 Å². The Morgan fingerprint density at radius 1 is 1.07 bits per heavy atom. The topological polar surface area (TPSA) is 65.1 Å². The highest BCUT2D eigenvalue weighted by molar-refractivity contribution is 5.78. The van der Waals surface area contributed by atoms with Crippen LogP contribution in [0.5, 0.6) is 0 Å². The Hall–Kier alpha value is -3.02. The van der Waals surface area contributed by atoms with Gasteiger partial charge in [-0.05, 0) is 31.4 Å². The number of nitrogens with zero attached hydrogens (tertiary/aromatic N) is 5. The molecule has 0 spiro atoms. The third-order valence-electron chi connectivity index (χ3n) is 5.95. The quantitative estimate of drug-likeness (QED) is 0.542. The van der Waals surface area contributed by atoms with Crippen LogP contribution in [0.3, 0.4) is 0 Å². The van der Waals surface area contributed by atoms with Gasteiger partial charge in [0.2, 0.25) is 0 Å². The number of pyridine rings is 1. The lowest BCUT2D eigenvalue weighted by atomic mass is 9.89. The maximum absolute atomic E-state index is 13.2. The van der Waals surface area contributed by atoms with Gasteiger partial charge in [-0.15, -0.1) is 5.10 Å². The fraction of sp³-hybridized carbons (Fsp3) is 0.364. The molecule has 3 heterocycles. The van der Waals surface area contributed by atoms with Crippen LogP contribution in [-0.4, -0.2) is 24.1 Å². The summed E-state index contributed by atoms with van der Waals surface area (Å²) in [4.78, 5) is 22.2. The summed E-state index contributed by atoms with van der Waals surface area (Å²) in [5.74, 6) is 1.84. The standard InChI is InChI=1S/C22H23N5O/c1-15(16-8-4-2-5-9-16)26-13-12-19-18(21(26)28)14-23-22-24-20(25-27(19)22)17-10-6-3-7-11-17/h2,4-5,8-9,12-15,17H,3,6-7,10-11H2,1H3. The molecule has 5 rings (SSSR count). The van der Waals surface area contributed by atoms with Crippen LogP contribution in [0, 0.1) is 0 Å². The van der Waals surface area contributed by atoms with Gasteiger partial charge in [0.25, 0.3) is 11.3 Å². The van der Waals surface area contributed by atoms with E-state index in [-0.39, 0.29) is 11.6 Å². The molecule has 1 aromatic carbocycles. The minimum Gasteiger partial charge on any atom is -0.308 e. The highest BCUT2D eigenvalue weighted by atomic mass is 16.1. The smallest absolute Gasteiger partial charge is 0.262 e. The second-order valence-corrected chi connectivity index (χ2v) is 7.69. The molecule has 4 aromatic rings. The Kier molecular flexibility index (Phi) is 4.19. The summed E-state index contributed by atoms with van der Waals surface area (Å²) in [6.45, 7) is 2.03. The summed E-state index contributed by atoms with van der Waals surface area (Å²) in [5, 5.41) is 5.30. The van der Waals surface area contributed by atoms with Crippen molar-refractivity contribution in [2.75, 3.05) is 0 Å². The first-order valence-electron chi connectivity index (χ1n) is 10.0. The van der Waals surface area contributed by atoms with E-state index in [2.05, 4.69) is 9.97 Å². The van der Waals surface area contributed by atoms with Crippen LogP contribution in [0.4, 0.5) is 0 Å². The predicted octanol–water partition coefficient (Wildman–Crippen LogP) is 4.10. The second-order valence-electron chi connectivity index (χ2n) is 7.69. The van der Waals surface area contributed by atoms with Gasteiger partial charge >= 0.3 is 0 Å². The molecule has 142 valence electrons. The number of hydrogen-bond acceptors (Lipinski definition) is 4. The first-order chi connectivity index (χ1) is 13.7. The van der Waals surface area contributed by atoms with Crippen LogP contribution < -0.4 is 5.56 Å². The van der Waals surface area contributed by atoms with E-state index < -0.39 is 0 Å². The van der Waals surface area contributed by atoms with E-state index in [9.17, 15) is 4.79 Å². The van der Waals surface area contributed by atoms with Crippen molar-refractivity contribution in [3.8, 4) is 0 Å². The highest BCUT2D eigenvalue weighted by Gasteiger charge is 2.21. The van der Waals surface area contributed by atoms with Crippen LogP contribution in [0.2, 0.25) is 0 Å². The molecule has 0 bridgehead atoms. The minimum absolute atomic E-state index is 0.0534. The van der Waals surface area contributed by atoms with Crippen LogP contribution in [0.25, 0.3) is 16.7 Å². The lowest BCUT2D eigenvalue weighted by molar-refractivity contribution is 0.429. The minimum atomic E-state index is -0.0574. The molecule has 1 saturated carbocycles. The lowest BCUT2D eigenvalue weighted by Crippen LogP contribution is -2.24. The number of benzene rings is 1. The van der Waals surface area contributed by atoms with Gasteiger partial charge in [-0.25, -0.2) is 4.98 Å². The Labute approximate surface area is 162 Å². The average Bonchev–Trinajstić information content (AvgIpc) is 3.20. The van der Waals surface area contributed by atoms with E-state index in [0.29, 0.717) is 17.1 Å².